The molecule has 0 rings (SSSR count). The minimum absolute atomic E-state index is 0.0413. The van der Waals surface area contributed by atoms with E-state index < -0.39 is 7.32 Å². The molecular weight excluding hydrogens is 247 g/mol. The molecule has 0 aliphatic heterocycles. The van der Waals surface area contributed by atoms with Crippen LogP contribution in [0.25, 0.3) is 0 Å². The minimum Gasteiger partial charge on any atom is -0.402 e. The van der Waals surface area contributed by atoms with Crippen LogP contribution in [-0.4, -0.2) is 87.5 Å². The highest BCUT2D eigenvalue weighted by atomic mass is 16.6. The molecule has 9 heteroatoms. The van der Waals surface area contributed by atoms with Crippen LogP contribution in [-0.2, 0) is 18.9 Å². The minimum atomic E-state index is -1.62. The molecule has 0 unspecified atom stereocenters. The monoisotopic (exact) mass is 270 g/mol. The summed E-state index contributed by atoms with van der Waals surface area (Å²) in [5, 5.41) is 32.1. The van der Waals surface area contributed by atoms with Gasteiger partial charge in [0, 0.05) is 7.11 Å². The summed E-state index contributed by atoms with van der Waals surface area (Å²) in [7, 11) is -0.417. The third-order valence-corrected chi connectivity index (χ3v) is 1.43. The van der Waals surface area contributed by atoms with E-state index in [-0.39, 0.29) is 13.2 Å². The highest BCUT2D eigenvalue weighted by Gasteiger charge is 2.00. The lowest BCUT2D eigenvalue weighted by Gasteiger charge is -2.04. The maximum Gasteiger partial charge on any atom is 0.633 e. The molecule has 0 heterocycles. The van der Waals surface area contributed by atoms with Gasteiger partial charge in [-0.1, -0.05) is 0 Å². The molecule has 110 valence electrons. The van der Waals surface area contributed by atoms with Gasteiger partial charge in [0.1, 0.15) is 0 Å². The summed E-state index contributed by atoms with van der Waals surface area (Å²) >= 11 is 0. The lowest BCUT2D eigenvalue weighted by atomic mass is 10.3. The molecule has 0 saturated heterocycles. The van der Waals surface area contributed by atoms with E-state index in [1.165, 1.54) is 7.11 Å². The smallest absolute Gasteiger partial charge is 0.402 e. The average molecular weight is 270 g/mol. The summed E-state index contributed by atoms with van der Waals surface area (Å²) in [5.74, 6) is 0. The summed E-state index contributed by atoms with van der Waals surface area (Å²) in [5.41, 5.74) is 0. The van der Waals surface area contributed by atoms with E-state index in [1.54, 1.807) is 0 Å². The molecule has 0 atom stereocenters. The second-order valence-corrected chi connectivity index (χ2v) is 2.85. The summed E-state index contributed by atoms with van der Waals surface area (Å²) in [6.45, 7) is 2.76. The van der Waals surface area contributed by atoms with Crippen LogP contribution < -0.4 is 0 Å². The van der Waals surface area contributed by atoms with E-state index in [1.807, 2.05) is 0 Å². The number of rotatable bonds is 11. The summed E-state index contributed by atoms with van der Waals surface area (Å²) in [6.07, 6.45) is 0. The number of aliphatic hydroxyl groups is 2. The average Bonchev–Trinajstić information content (AvgIpc) is 2.37. The number of hydrogen-bond donors (Lipinski definition) is 4. The van der Waals surface area contributed by atoms with Gasteiger partial charge in [-0.3, -0.25) is 0 Å². The van der Waals surface area contributed by atoms with Crippen LogP contribution in [0.15, 0.2) is 0 Å². The molecule has 0 aliphatic carbocycles. The molecule has 0 aromatic heterocycles. The van der Waals surface area contributed by atoms with E-state index >= 15 is 0 Å². The van der Waals surface area contributed by atoms with Crippen LogP contribution in [0.4, 0.5) is 0 Å². The maximum atomic E-state index is 8.36. The molecule has 0 aliphatic rings. The molecule has 0 bridgehead atoms. The summed E-state index contributed by atoms with van der Waals surface area (Å²) < 4.78 is 18.9. The van der Waals surface area contributed by atoms with Crippen molar-refractivity contribution in [2.45, 2.75) is 0 Å². The molecule has 8 nitrogen and oxygen atoms in total. The van der Waals surface area contributed by atoms with Gasteiger partial charge < -0.3 is 39.1 Å². The molecule has 0 saturated carbocycles. The van der Waals surface area contributed by atoms with Crippen molar-refractivity contribution in [3.05, 3.63) is 0 Å². The van der Waals surface area contributed by atoms with Crippen LogP contribution in [0, 0.1) is 0 Å². The van der Waals surface area contributed by atoms with Crippen molar-refractivity contribution in [2.75, 3.05) is 60.0 Å². The Balaban J connectivity index is 0. The lowest BCUT2D eigenvalue weighted by molar-refractivity contribution is 0.00230. The van der Waals surface area contributed by atoms with E-state index in [4.69, 9.17) is 34.5 Å². The summed E-state index contributed by atoms with van der Waals surface area (Å²) in [4.78, 5) is 0. The van der Waals surface area contributed by atoms with Crippen LogP contribution in [0.3, 0.4) is 0 Å². The van der Waals surface area contributed by atoms with Gasteiger partial charge >= 0.3 is 7.32 Å². The maximum absolute atomic E-state index is 8.36. The third kappa shape index (κ3) is 24.8. The molecular formula is C9H23BO8. The van der Waals surface area contributed by atoms with E-state index in [2.05, 4.69) is 4.65 Å². The van der Waals surface area contributed by atoms with Crippen molar-refractivity contribution in [3.8, 4) is 0 Å². The van der Waals surface area contributed by atoms with Gasteiger partial charge in [-0.15, -0.1) is 0 Å². The molecule has 4 N–H and O–H groups in total. The largest absolute Gasteiger partial charge is 0.633 e. The zero-order valence-corrected chi connectivity index (χ0v) is 10.7. The Morgan fingerprint density at radius 2 is 1.00 bits per heavy atom. The van der Waals surface area contributed by atoms with Crippen LogP contribution in [0.1, 0.15) is 0 Å². The van der Waals surface area contributed by atoms with Gasteiger partial charge in [-0.05, 0) is 0 Å². The van der Waals surface area contributed by atoms with Gasteiger partial charge in [0.25, 0.3) is 0 Å². The topological polar surface area (TPSA) is 118 Å². The third-order valence-electron chi connectivity index (χ3n) is 1.43. The van der Waals surface area contributed by atoms with Gasteiger partial charge in [0.05, 0.1) is 52.9 Å². The second kappa shape index (κ2) is 19.1. The highest BCUT2D eigenvalue weighted by molar-refractivity contribution is 6.32. The highest BCUT2D eigenvalue weighted by Crippen LogP contribution is 1.80. The first-order valence-corrected chi connectivity index (χ1v) is 5.52. The van der Waals surface area contributed by atoms with Gasteiger partial charge in [-0.2, -0.15) is 0 Å². The van der Waals surface area contributed by atoms with Gasteiger partial charge in [-0.25, -0.2) is 0 Å². The quantitative estimate of drug-likeness (QED) is 0.243. The fourth-order valence-electron chi connectivity index (χ4n) is 0.671. The first-order chi connectivity index (χ1) is 8.68. The second-order valence-electron chi connectivity index (χ2n) is 2.85. The zero-order chi connectivity index (χ0) is 14.1. The van der Waals surface area contributed by atoms with E-state index in [0.29, 0.717) is 39.6 Å². The van der Waals surface area contributed by atoms with Crippen molar-refractivity contribution < 1.29 is 39.1 Å². The molecule has 0 radical (unpaired) electrons. The zero-order valence-electron chi connectivity index (χ0n) is 10.7. The fourth-order valence-corrected chi connectivity index (χ4v) is 0.671. The van der Waals surface area contributed by atoms with Gasteiger partial charge in [0.2, 0.25) is 0 Å². The van der Waals surface area contributed by atoms with Crippen molar-refractivity contribution in [1.29, 1.82) is 0 Å². The molecule has 0 amide bonds. The number of hydrogen-bond acceptors (Lipinski definition) is 8. The van der Waals surface area contributed by atoms with Crippen LogP contribution in [0.2, 0.25) is 0 Å². The summed E-state index contributed by atoms with van der Waals surface area (Å²) in [6, 6.07) is 0. The predicted molar refractivity (Wildman–Crippen MR) is 63.8 cm³/mol. The van der Waals surface area contributed by atoms with Crippen LogP contribution >= 0.6 is 0 Å². The Morgan fingerprint density at radius 1 is 0.722 bits per heavy atom. The Labute approximate surface area is 107 Å². The number of ether oxygens (including phenoxy) is 3. The first kappa shape index (κ1) is 20.1. The Morgan fingerprint density at radius 3 is 1.22 bits per heavy atom. The lowest BCUT2D eigenvalue weighted by Crippen LogP contribution is -2.12. The van der Waals surface area contributed by atoms with Crippen molar-refractivity contribution in [3.63, 3.8) is 0 Å². The van der Waals surface area contributed by atoms with Crippen LogP contribution in [0.5, 0.6) is 0 Å². The fraction of sp³-hybridized carbons (Fsp3) is 1.00. The molecule has 18 heavy (non-hydrogen) atoms. The van der Waals surface area contributed by atoms with Gasteiger partial charge in [0.15, 0.2) is 0 Å². The van der Waals surface area contributed by atoms with E-state index in [9.17, 15) is 0 Å². The molecule has 0 aromatic carbocycles. The molecule has 0 fully saturated rings. The Kier molecular flexibility index (Phi) is 21.3. The van der Waals surface area contributed by atoms with Crippen molar-refractivity contribution in [2.24, 2.45) is 0 Å². The Bertz CT molecular complexity index is 128. The van der Waals surface area contributed by atoms with Crippen molar-refractivity contribution >= 4 is 7.32 Å². The standard InChI is InChI=1S/C8H18O5.CH5BO3/c9-1-3-11-5-7-13-8-6-12-4-2-10;1-5-2(3)4/h9-10H,1-8H2;3-4H,1H3. The normalized spacial score (nSPS) is 9.83. The predicted octanol–water partition coefficient (Wildman–Crippen LogP) is -2.38. The Hall–Kier alpha value is -0.255. The first-order valence-electron chi connectivity index (χ1n) is 5.52. The van der Waals surface area contributed by atoms with Crippen molar-refractivity contribution in [1.82, 2.24) is 0 Å². The number of aliphatic hydroxyl groups excluding tert-OH is 2. The molecule has 0 spiro atoms. The van der Waals surface area contributed by atoms with E-state index in [0.717, 1.165) is 0 Å². The molecule has 0 aromatic rings. The SMILES string of the molecule is COB(O)O.OCCOCCOCCOCCO.